The SMILES string of the molecule is Nc1ncc(C(O)COc2ccnc(C(F)(F)F)n2)c(C2CCN(C(=O)Oc3c(F)cccc3F)CC2)n1. The van der Waals surface area contributed by atoms with E-state index >= 15 is 0 Å². The van der Waals surface area contributed by atoms with Gasteiger partial charge in [-0.15, -0.1) is 0 Å². The Kier molecular flexibility index (Phi) is 7.85. The zero-order valence-electron chi connectivity index (χ0n) is 19.5. The zero-order valence-corrected chi connectivity index (χ0v) is 19.5. The number of ether oxygens (including phenoxy) is 2. The number of alkyl halides is 3. The Bertz CT molecular complexity index is 1280. The number of aromatic nitrogens is 4. The Labute approximate surface area is 212 Å². The van der Waals surface area contributed by atoms with Crippen molar-refractivity contribution in [2.45, 2.75) is 31.0 Å². The summed E-state index contributed by atoms with van der Waals surface area (Å²) in [7, 11) is 0. The molecule has 0 radical (unpaired) electrons. The van der Waals surface area contributed by atoms with E-state index in [1.807, 2.05) is 0 Å². The summed E-state index contributed by atoms with van der Waals surface area (Å²) in [5, 5.41) is 10.7. The molecule has 10 nitrogen and oxygen atoms in total. The molecular formula is C23H21F5N6O4. The molecule has 3 N–H and O–H groups in total. The lowest BCUT2D eigenvalue weighted by molar-refractivity contribution is -0.145. The maximum atomic E-state index is 13.8. The second-order valence-corrected chi connectivity index (χ2v) is 8.29. The number of aliphatic hydroxyl groups is 1. The van der Waals surface area contributed by atoms with Gasteiger partial charge in [0.15, 0.2) is 11.6 Å². The Morgan fingerprint density at radius 2 is 1.82 bits per heavy atom. The number of piperidine rings is 1. The van der Waals surface area contributed by atoms with Gasteiger partial charge in [-0.1, -0.05) is 6.07 Å². The number of aliphatic hydroxyl groups excluding tert-OH is 1. The van der Waals surface area contributed by atoms with Crippen molar-refractivity contribution in [2.75, 3.05) is 25.4 Å². The number of anilines is 1. The molecule has 1 atom stereocenters. The van der Waals surface area contributed by atoms with Crippen molar-refractivity contribution >= 4 is 12.0 Å². The van der Waals surface area contributed by atoms with E-state index < -0.39 is 48.2 Å². The van der Waals surface area contributed by atoms with E-state index in [2.05, 4.69) is 19.9 Å². The lowest BCUT2D eigenvalue weighted by atomic mass is 9.89. The van der Waals surface area contributed by atoms with E-state index in [-0.39, 0.29) is 36.4 Å². The van der Waals surface area contributed by atoms with Gasteiger partial charge in [0.1, 0.15) is 12.7 Å². The van der Waals surface area contributed by atoms with Crippen LogP contribution in [0.15, 0.2) is 36.7 Å². The average molecular weight is 540 g/mol. The van der Waals surface area contributed by atoms with Crippen LogP contribution in [0.1, 0.15) is 41.9 Å². The van der Waals surface area contributed by atoms with Crippen LogP contribution in [0.3, 0.4) is 0 Å². The summed E-state index contributed by atoms with van der Waals surface area (Å²) in [5.41, 5.74) is 6.34. The van der Waals surface area contributed by atoms with Crippen LogP contribution in [0.25, 0.3) is 0 Å². The largest absolute Gasteiger partial charge is 0.474 e. The summed E-state index contributed by atoms with van der Waals surface area (Å²) in [6.07, 6.45) is -4.18. The van der Waals surface area contributed by atoms with Crippen LogP contribution in [0.5, 0.6) is 11.6 Å². The van der Waals surface area contributed by atoms with E-state index in [1.54, 1.807) is 0 Å². The number of halogens is 5. The monoisotopic (exact) mass is 540 g/mol. The van der Waals surface area contributed by atoms with Gasteiger partial charge in [0.2, 0.25) is 23.4 Å². The molecule has 1 saturated heterocycles. The van der Waals surface area contributed by atoms with Gasteiger partial charge in [0.25, 0.3) is 0 Å². The van der Waals surface area contributed by atoms with Crippen molar-refractivity contribution in [3.05, 3.63) is 65.4 Å². The number of carbonyl (C=O) groups is 1. The fourth-order valence-corrected chi connectivity index (χ4v) is 3.88. The van der Waals surface area contributed by atoms with Gasteiger partial charge in [-0.2, -0.15) is 18.2 Å². The standard InChI is InChI=1S/C23H21F5N6O4/c24-14-2-1-3-15(25)19(14)38-22(36)34-8-5-12(6-9-34)18-13(10-31-21(29)33-18)16(35)11-37-17-4-7-30-20(32-17)23(26,27)28/h1-4,7,10,12,16,35H,5-6,8-9,11H2,(H2,29,31,33). The van der Waals surface area contributed by atoms with Crippen molar-refractivity contribution in [3.63, 3.8) is 0 Å². The van der Waals surface area contributed by atoms with Gasteiger partial charge in [-0.3, -0.25) is 0 Å². The summed E-state index contributed by atoms with van der Waals surface area (Å²) >= 11 is 0. The van der Waals surface area contributed by atoms with Gasteiger partial charge in [-0.25, -0.2) is 28.5 Å². The maximum Gasteiger partial charge on any atom is 0.451 e. The first-order chi connectivity index (χ1) is 18.0. The Morgan fingerprint density at radius 3 is 2.47 bits per heavy atom. The smallest absolute Gasteiger partial charge is 0.451 e. The third kappa shape index (κ3) is 6.22. The molecule has 3 aromatic rings. The molecule has 202 valence electrons. The minimum absolute atomic E-state index is 0.0700. The highest BCUT2D eigenvalue weighted by atomic mass is 19.4. The van der Waals surface area contributed by atoms with Crippen molar-refractivity contribution < 1.29 is 41.3 Å². The number of hydrogen-bond acceptors (Lipinski definition) is 9. The fraction of sp³-hybridized carbons (Fsp3) is 0.348. The number of benzene rings is 1. The van der Waals surface area contributed by atoms with Crippen molar-refractivity contribution in [2.24, 2.45) is 0 Å². The summed E-state index contributed by atoms with van der Waals surface area (Å²) < 4.78 is 76.2. The molecule has 1 amide bonds. The van der Waals surface area contributed by atoms with E-state index in [9.17, 15) is 31.9 Å². The quantitative estimate of drug-likeness (QED) is 0.449. The Hall–Kier alpha value is -4.14. The normalized spacial score (nSPS) is 15.3. The Morgan fingerprint density at radius 1 is 1.13 bits per heavy atom. The second-order valence-electron chi connectivity index (χ2n) is 8.29. The van der Waals surface area contributed by atoms with Crippen LogP contribution < -0.4 is 15.2 Å². The first-order valence-electron chi connectivity index (χ1n) is 11.3. The van der Waals surface area contributed by atoms with E-state index in [4.69, 9.17) is 15.2 Å². The summed E-state index contributed by atoms with van der Waals surface area (Å²) in [6.45, 7) is -0.165. The minimum atomic E-state index is -4.76. The molecule has 0 aliphatic carbocycles. The zero-order chi connectivity index (χ0) is 27.4. The summed E-state index contributed by atoms with van der Waals surface area (Å²) in [6, 6.07) is 4.19. The predicted octanol–water partition coefficient (Wildman–Crippen LogP) is 3.64. The number of rotatable bonds is 6. The topological polar surface area (TPSA) is 137 Å². The first kappa shape index (κ1) is 26.9. The molecule has 0 saturated carbocycles. The molecule has 4 rings (SSSR count). The maximum absolute atomic E-state index is 13.8. The Balaban J connectivity index is 1.41. The van der Waals surface area contributed by atoms with Gasteiger partial charge in [-0.05, 0) is 25.0 Å². The second kappa shape index (κ2) is 11.1. The molecule has 1 unspecified atom stereocenters. The van der Waals surface area contributed by atoms with Crippen LogP contribution in [0.2, 0.25) is 0 Å². The average Bonchev–Trinajstić information content (AvgIpc) is 2.89. The molecule has 1 fully saturated rings. The molecular weight excluding hydrogens is 519 g/mol. The van der Waals surface area contributed by atoms with Gasteiger partial charge < -0.3 is 25.2 Å². The number of para-hydroxylation sites is 1. The van der Waals surface area contributed by atoms with Gasteiger partial charge >= 0.3 is 12.3 Å². The lowest BCUT2D eigenvalue weighted by Crippen LogP contribution is -2.40. The molecule has 15 heteroatoms. The van der Waals surface area contributed by atoms with Gasteiger partial charge in [0.05, 0.1) is 5.69 Å². The first-order valence-corrected chi connectivity index (χ1v) is 11.3. The molecule has 0 spiro atoms. The fourth-order valence-electron chi connectivity index (χ4n) is 3.88. The minimum Gasteiger partial charge on any atom is -0.474 e. The highest BCUT2D eigenvalue weighted by Gasteiger charge is 2.35. The number of hydrogen-bond donors (Lipinski definition) is 2. The van der Waals surface area contributed by atoms with E-state index in [1.165, 1.54) is 11.1 Å². The van der Waals surface area contributed by atoms with Crippen LogP contribution in [0.4, 0.5) is 32.7 Å². The third-order valence-electron chi connectivity index (χ3n) is 5.75. The number of nitrogens with two attached hydrogens (primary N) is 1. The molecule has 1 aromatic carbocycles. The molecule has 0 bridgehead atoms. The molecule has 2 aromatic heterocycles. The highest BCUT2D eigenvalue weighted by molar-refractivity contribution is 5.71. The van der Waals surface area contributed by atoms with Crippen molar-refractivity contribution in [1.29, 1.82) is 0 Å². The van der Waals surface area contributed by atoms with Crippen LogP contribution in [-0.4, -0.2) is 55.7 Å². The molecule has 1 aliphatic heterocycles. The number of nitrogen functional groups attached to an aromatic ring is 1. The van der Waals surface area contributed by atoms with Crippen LogP contribution in [-0.2, 0) is 6.18 Å². The summed E-state index contributed by atoms with van der Waals surface area (Å²) in [5.74, 6) is -4.95. The third-order valence-corrected chi connectivity index (χ3v) is 5.75. The van der Waals surface area contributed by atoms with Crippen LogP contribution >= 0.6 is 0 Å². The number of likely N-dealkylation sites (tertiary alicyclic amines) is 1. The highest BCUT2D eigenvalue weighted by Crippen LogP contribution is 2.33. The van der Waals surface area contributed by atoms with E-state index in [0.717, 1.165) is 30.5 Å². The number of amides is 1. The number of nitrogens with zero attached hydrogens (tertiary/aromatic N) is 5. The van der Waals surface area contributed by atoms with Crippen molar-refractivity contribution in [1.82, 2.24) is 24.8 Å². The molecule has 38 heavy (non-hydrogen) atoms. The van der Waals surface area contributed by atoms with E-state index in [0.29, 0.717) is 18.5 Å². The van der Waals surface area contributed by atoms with Gasteiger partial charge in [0, 0.05) is 43.0 Å². The summed E-state index contributed by atoms with van der Waals surface area (Å²) in [4.78, 5) is 28.3. The van der Waals surface area contributed by atoms with Crippen LogP contribution in [0, 0.1) is 11.6 Å². The predicted molar refractivity (Wildman–Crippen MR) is 120 cm³/mol. The lowest BCUT2D eigenvalue weighted by Gasteiger charge is -2.32. The number of carbonyl (C=O) groups excluding carboxylic acids is 1. The van der Waals surface area contributed by atoms with Crippen molar-refractivity contribution in [3.8, 4) is 11.6 Å². The molecule has 1 aliphatic rings. The molecule has 3 heterocycles.